The van der Waals surface area contributed by atoms with Gasteiger partial charge >= 0.3 is 5.97 Å². The third-order valence-electron chi connectivity index (χ3n) is 11.0. The van der Waals surface area contributed by atoms with Gasteiger partial charge in [-0.25, -0.2) is 9.97 Å². The second-order valence-corrected chi connectivity index (χ2v) is 15.4. The molecule has 47 heavy (non-hydrogen) atoms. The number of hydrogen-bond acceptors (Lipinski definition) is 8. The fourth-order valence-electron chi connectivity index (χ4n) is 7.17. The molecule has 4 aliphatic rings. The lowest BCUT2D eigenvalue weighted by Gasteiger charge is -2.46. The predicted octanol–water partition coefficient (Wildman–Crippen LogP) is 5.61. The molecule has 0 saturated heterocycles. The highest BCUT2D eigenvalue weighted by Crippen LogP contribution is 2.40. The van der Waals surface area contributed by atoms with Crippen molar-refractivity contribution in [2.45, 2.75) is 171 Å². The Labute approximate surface area is 285 Å². The van der Waals surface area contributed by atoms with Gasteiger partial charge in [-0.2, -0.15) is 0 Å². The summed E-state index contributed by atoms with van der Waals surface area (Å²) in [6.07, 6.45) is 20.4. The minimum atomic E-state index is -0.972. The summed E-state index contributed by atoms with van der Waals surface area (Å²) in [5.41, 5.74) is 10.9. The van der Waals surface area contributed by atoms with Crippen molar-refractivity contribution in [3.8, 4) is 0 Å². The minimum Gasteiger partial charge on any atom is -0.480 e. The number of nitrogens with zero attached hydrogens (tertiary/aromatic N) is 2. The van der Waals surface area contributed by atoms with E-state index in [0.29, 0.717) is 35.5 Å². The summed E-state index contributed by atoms with van der Waals surface area (Å²) in [4.78, 5) is 35.7. The average Bonchev–Trinajstić information content (AvgIpc) is 3.76. The number of fused-ring (bicyclic) bond motifs is 1. The number of nitrogens with one attached hydrogen (secondary N) is 2. The van der Waals surface area contributed by atoms with Crippen molar-refractivity contribution < 1.29 is 24.9 Å². The smallest absolute Gasteiger partial charge is 0.323 e. The summed E-state index contributed by atoms with van der Waals surface area (Å²) in [6.45, 7) is 7.22. The molecule has 11 nitrogen and oxygen atoms in total. The Morgan fingerprint density at radius 1 is 0.851 bits per heavy atom. The fraction of sp³-hybridized carbons (Fsp3) is 0.771. The number of rotatable bonds is 6. The van der Waals surface area contributed by atoms with Crippen LogP contribution in [0.5, 0.6) is 0 Å². The van der Waals surface area contributed by atoms with Crippen molar-refractivity contribution in [3.05, 3.63) is 23.7 Å². The van der Waals surface area contributed by atoms with Gasteiger partial charge in [0.25, 0.3) is 5.91 Å². The van der Waals surface area contributed by atoms with Crippen LogP contribution in [0.15, 0.2) is 12.4 Å². The highest BCUT2D eigenvalue weighted by molar-refractivity contribution is 6.04. The van der Waals surface area contributed by atoms with Gasteiger partial charge in [-0.3, -0.25) is 9.59 Å². The van der Waals surface area contributed by atoms with Gasteiger partial charge in [0.2, 0.25) is 0 Å². The minimum absolute atomic E-state index is 0. The molecule has 0 bridgehead atoms. The van der Waals surface area contributed by atoms with E-state index >= 15 is 0 Å². The van der Waals surface area contributed by atoms with E-state index in [1.807, 2.05) is 13.8 Å². The number of nitrogens with two attached hydrogens (primary N) is 2. The molecule has 0 unspecified atom stereocenters. The third-order valence-corrected chi connectivity index (χ3v) is 11.0. The maximum absolute atomic E-state index is 13.0. The highest BCUT2D eigenvalue weighted by atomic mass is 35.5. The van der Waals surface area contributed by atoms with E-state index in [1.54, 1.807) is 26.2 Å². The molecule has 266 valence electrons. The number of carbonyl (C=O) groups excluding carboxylic acids is 1. The van der Waals surface area contributed by atoms with Gasteiger partial charge in [0.1, 0.15) is 11.1 Å². The Hall–Kier alpha value is -2.31. The average molecular weight is 679 g/mol. The van der Waals surface area contributed by atoms with Crippen molar-refractivity contribution in [2.75, 3.05) is 0 Å². The molecule has 0 spiro atoms. The summed E-state index contributed by atoms with van der Waals surface area (Å²) in [7, 11) is 0. The first kappa shape index (κ1) is 39.1. The van der Waals surface area contributed by atoms with Gasteiger partial charge in [-0.1, -0.05) is 57.8 Å². The second kappa shape index (κ2) is 15.5. The number of aromatic nitrogens is 3. The van der Waals surface area contributed by atoms with Crippen LogP contribution in [0, 0.1) is 0 Å². The van der Waals surface area contributed by atoms with Gasteiger partial charge in [-0.15, -0.1) is 12.4 Å². The molecule has 12 heteroatoms. The van der Waals surface area contributed by atoms with Crippen LogP contribution in [0.4, 0.5) is 0 Å². The van der Waals surface area contributed by atoms with E-state index in [1.165, 1.54) is 19.3 Å². The number of aliphatic hydroxyl groups is 2. The SMILES string of the molecule is CC(C)(O)C1(N)CCCCC1.CC(C)(O)C1(NC(=O)c2c[nH]c3ncc(C4CC4)nc23)CCCCC1.Cl.NC1(C(=O)O)CCCCC1. The quantitative estimate of drug-likeness (QED) is 0.203. The van der Waals surface area contributed by atoms with Crippen LogP contribution in [-0.4, -0.2) is 70.0 Å². The van der Waals surface area contributed by atoms with Gasteiger partial charge in [0.05, 0.1) is 34.2 Å². The zero-order valence-corrected chi connectivity index (χ0v) is 29.7. The molecule has 0 aromatic carbocycles. The molecule has 4 aliphatic carbocycles. The summed E-state index contributed by atoms with van der Waals surface area (Å²) >= 11 is 0. The lowest BCUT2D eigenvalue weighted by molar-refractivity contribution is -0.144. The Bertz CT molecular complexity index is 1330. The first-order valence-corrected chi connectivity index (χ1v) is 17.4. The molecule has 0 aliphatic heterocycles. The number of H-pyrrole nitrogens is 1. The van der Waals surface area contributed by atoms with E-state index in [-0.39, 0.29) is 23.9 Å². The van der Waals surface area contributed by atoms with Crippen molar-refractivity contribution in [1.82, 2.24) is 20.3 Å². The standard InChI is InChI=1S/C19H26N4O2.C9H19NO.C7H13NO2.ClH/c1-18(2,25)19(8-4-3-5-9-19)23-17(24)13-10-20-16-15(13)22-14(11-21-16)12-6-7-12;1-8(2,11)9(10)6-4-3-5-7-9;8-7(6(9)10)4-2-1-3-5-7;/h10-12,25H,3-9H2,1-2H3,(H,20,21)(H,23,24);11H,3-7,10H2,1-2H3;1-5,8H2,(H,9,10);1H. The van der Waals surface area contributed by atoms with Gasteiger partial charge in [-0.05, 0) is 79.1 Å². The number of halogens is 1. The zero-order valence-electron chi connectivity index (χ0n) is 28.9. The van der Waals surface area contributed by atoms with Gasteiger partial charge < -0.3 is 37.1 Å². The molecule has 1 amide bonds. The van der Waals surface area contributed by atoms with Crippen LogP contribution in [0.25, 0.3) is 11.2 Å². The summed E-state index contributed by atoms with van der Waals surface area (Å²) in [6, 6.07) is 0. The molecule has 4 fully saturated rings. The lowest BCUT2D eigenvalue weighted by Crippen LogP contribution is -2.62. The normalized spacial score (nSPS) is 22.0. The number of aliphatic carboxylic acids is 1. The summed E-state index contributed by atoms with van der Waals surface area (Å²) < 4.78 is 0. The second-order valence-electron chi connectivity index (χ2n) is 15.4. The molecule has 6 rings (SSSR count). The summed E-state index contributed by atoms with van der Waals surface area (Å²) in [5.74, 6) is -0.534. The summed E-state index contributed by atoms with van der Waals surface area (Å²) in [5, 5.41) is 32.3. The number of carboxylic acid groups (broad SMARTS) is 1. The molecular weight excluding hydrogens is 620 g/mol. The van der Waals surface area contributed by atoms with Crippen molar-refractivity contribution in [3.63, 3.8) is 0 Å². The van der Waals surface area contributed by atoms with E-state index in [9.17, 15) is 19.8 Å². The van der Waals surface area contributed by atoms with E-state index in [4.69, 9.17) is 16.6 Å². The van der Waals surface area contributed by atoms with E-state index < -0.39 is 28.2 Å². The zero-order chi connectivity index (χ0) is 33.8. The van der Waals surface area contributed by atoms with Crippen LogP contribution in [0.1, 0.15) is 159 Å². The van der Waals surface area contributed by atoms with Crippen LogP contribution in [0.3, 0.4) is 0 Å². The van der Waals surface area contributed by atoms with Crippen LogP contribution < -0.4 is 16.8 Å². The van der Waals surface area contributed by atoms with Crippen molar-refractivity contribution >= 4 is 35.4 Å². The van der Waals surface area contributed by atoms with Crippen molar-refractivity contribution in [2.24, 2.45) is 11.5 Å². The molecular formula is C35H59ClN6O5. The molecule has 0 radical (unpaired) electrons. The molecule has 2 aromatic rings. The van der Waals surface area contributed by atoms with E-state index in [0.717, 1.165) is 82.7 Å². The first-order valence-electron chi connectivity index (χ1n) is 17.4. The maximum Gasteiger partial charge on any atom is 0.323 e. The number of carbonyl (C=O) groups is 2. The maximum atomic E-state index is 13.0. The number of carboxylic acids is 1. The van der Waals surface area contributed by atoms with Crippen molar-refractivity contribution in [1.29, 1.82) is 0 Å². The Morgan fingerprint density at radius 3 is 1.79 bits per heavy atom. The fourth-order valence-corrected chi connectivity index (χ4v) is 7.17. The highest BCUT2D eigenvalue weighted by Gasteiger charge is 2.46. The third kappa shape index (κ3) is 9.44. The molecule has 0 atom stereocenters. The topological polar surface area (TPSA) is 200 Å². The lowest BCUT2D eigenvalue weighted by atomic mass is 9.71. The van der Waals surface area contributed by atoms with Crippen LogP contribution in [-0.2, 0) is 4.79 Å². The molecule has 2 heterocycles. The van der Waals surface area contributed by atoms with E-state index in [2.05, 4.69) is 20.3 Å². The molecule has 4 saturated carbocycles. The van der Waals surface area contributed by atoms with Gasteiger partial charge in [0, 0.05) is 17.7 Å². The predicted molar refractivity (Wildman–Crippen MR) is 187 cm³/mol. The Balaban J connectivity index is 0.000000226. The number of hydrogen-bond donors (Lipinski definition) is 7. The largest absolute Gasteiger partial charge is 0.480 e. The Morgan fingerprint density at radius 2 is 1.36 bits per heavy atom. The van der Waals surface area contributed by atoms with Gasteiger partial charge in [0.15, 0.2) is 5.65 Å². The monoisotopic (exact) mass is 678 g/mol. The van der Waals surface area contributed by atoms with Crippen LogP contribution >= 0.6 is 12.4 Å². The number of aromatic amines is 1. The molecule has 2 aromatic heterocycles. The molecule has 9 N–H and O–H groups in total. The van der Waals surface area contributed by atoms with Crippen LogP contribution in [0.2, 0.25) is 0 Å². The Kier molecular flexibility index (Phi) is 12.9. The first-order chi connectivity index (χ1) is 21.5. The number of amides is 1.